The first-order valence-corrected chi connectivity index (χ1v) is 7.63. The van der Waals surface area contributed by atoms with Gasteiger partial charge in [0, 0.05) is 29.7 Å². The van der Waals surface area contributed by atoms with Gasteiger partial charge in [0.2, 0.25) is 0 Å². The van der Waals surface area contributed by atoms with Crippen molar-refractivity contribution in [3.05, 3.63) is 36.0 Å². The van der Waals surface area contributed by atoms with Gasteiger partial charge in [-0.25, -0.2) is 0 Å². The second kappa shape index (κ2) is 5.79. The predicted molar refractivity (Wildman–Crippen MR) is 81.2 cm³/mol. The number of rotatable bonds is 4. The SMILES string of the molecule is C[C@H](NCc1cccc2[nH]ccc12)C1CCCCC1. The molecule has 0 unspecified atom stereocenters. The van der Waals surface area contributed by atoms with E-state index in [-0.39, 0.29) is 0 Å². The standard InChI is InChI=1S/C17H24N2/c1-13(14-6-3-2-4-7-14)19-12-15-8-5-9-17-16(15)10-11-18-17/h5,8-11,13-14,18-19H,2-4,6-7,12H2,1H3/t13-/m0/s1. The van der Waals surface area contributed by atoms with Crippen LogP contribution in [0, 0.1) is 5.92 Å². The normalized spacial score (nSPS) is 18.8. The fourth-order valence-corrected chi connectivity index (χ4v) is 3.38. The van der Waals surface area contributed by atoms with E-state index in [1.807, 2.05) is 6.20 Å². The molecule has 2 nitrogen and oxygen atoms in total. The average molecular weight is 256 g/mol. The summed E-state index contributed by atoms with van der Waals surface area (Å²) in [6, 6.07) is 9.33. The lowest BCUT2D eigenvalue weighted by atomic mass is 9.84. The van der Waals surface area contributed by atoms with Crippen LogP contribution in [-0.4, -0.2) is 11.0 Å². The predicted octanol–water partition coefficient (Wildman–Crippen LogP) is 4.23. The summed E-state index contributed by atoms with van der Waals surface area (Å²) in [5, 5.41) is 5.09. The number of fused-ring (bicyclic) bond motifs is 1. The minimum atomic E-state index is 0.634. The molecule has 2 aromatic rings. The summed E-state index contributed by atoms with van der Waals surface area (Å²) < 4.78 is 0. The van der Waals surface area contributed by atoms with Crippen molar-refractivity contribution in [1.82, 2.24) is 10.3 Å². The van der Waals surface area contributed by atoms with Gasteiger partial charge in [-0.05, 0) is 43.4 Å². The largest absolute Gasteiger partial charge is 0.361 e. The van der Waals surface area contributed by atoms with Gasteiger partial charge < -0.3 is 10.3 Å². The molecule has 1 heterocycles. The highest BCUT2D eigenvalue weighted by molar-refractivity contribution is 5.82. The van der Waals surface area contributed by atoms with Crippen LogP contribution in [0.15, 0.2) is 30.5 Å². The summed E-state index contributed by atoms with van der Waals surface area (Å²) in [4.78, 5) is 3.28. The molecule has 1 aliphatic rings. The number of H-pyrrole nitrogens is 1. The topological polar surface area (TPSA) is 27.8 Å². The molecule has 0 amide bonds. The van der Waals surface area contributed by atoms with Crippen molar-refractivity contribution in [2.24, 2.45) is 5.92 Å². The van der Waals surface area contributed by atoms with Crippen molar-refractivity contribution in [3.63, 3.8) is 0 Å². The van der Waals surface area contributed by atoms with E-state index in [1.165, 1.54) is 48.6 Å². The van der Waals surface area contributed by atoms with Gasteiger partial charge >= 0.3 is 0 Å². The van der Waals surface area contributed by atoms with Gasteiger partial charge in [0.15, 0.2) is 0 Å². The lowest BCUT2D eigenvalue weighted by Crippen LogP contribution is -2.34. The van der Waals surface area contributed by atoms with Crippen LogP contribution in [0.3, 0.4) is 0 Å². The molecule has 102 valence electrons. The van der Waals surface area contributed by atoms with Gasteiger partial charge in [-0.15, -0.1) is 0 Å². The molecule has 1 aromatic carbocycles. The molecule has 1 atom stereocenters. The summed E-state index contributed by atoms with van der Waals surface area (Å²) in [7, 11) is 0. The number of aromatic amines is 1. The monoisotopic (exact) mass is 256 g/mol. The third-order valence-electron chi connectivity index (χ3n) is 4.66. The highest BCUT2D eigenvalue weighted by atomic mass is 14.9. The van der Waals surface area contributed by atoms with Gasteiger partial charge in [0.05, 0.1) is 0 Å². The molecule has 2 N–H and O–H groups in total. The minimum Gasteiger partial charge on any atom is -0.361 e. The molecule has 0 spiro atoms. The maximum absolute atomic E-state index is 3.74. The molecule has 0 bridgehead atoms. The number of hydrogen-bond acceptors (Lipinski definition) is 1. The number of benzene rings is 1. The summed E-state index contributed by atoms with van der Waals surface area (Å²) in [6.07, 6.45) is 9.11. The van der Waals surface area contributed by atoms with E-state index >= 15 is 0 Å². The molecule has 1 saturated carbocycles. The van der Waals surface area contributed by atoms with E-state index in [0.717, 1.165) is 12.5 Å². The second-order valence-corrected chi connectivity index (χ2v) is 5.92. The first-order valence-electron chi connectivity index (χ1n) is 7.63. The van der Waals surface area contributed by atoms with Gasteiger partial charge in [0.1, 0.15) is 0 Å². The molecule has 2 heteroatoms. The van der Waals surface area contributed by atoms with E-state index in [2.05, 4.69) is 41.5 Å². The Labute approximate surface area is 115 Å². The zero-order chi connectivity index (χ0) is 13.1. The number of hydrogen-bond donors (Lipinski definition) is 2. The van der Waals surface area contributed by atoms with Crippen LogP contribution in [0.1, 0.15) is 44.6 Å². The van der Waals surface area contributed by atoms with Gasteiger partial charge in [-0.3, -0.25) is 0 Å². The van der Waals surface area contributed by atoms with Crippen molar-refractivity contribution >= 4 is 10.9 Å². The quantitative estimate of drug-likeness (QED) is 0.842. The molecule has 1 aromatic heterocycles. The third kappa shape index (κ3) is 2.84. The van der Waals surface area contributed by atoms with E-state index in [9.17, 15) is 0 Å². The summed E-state index contributed by atoms with van der Waals surface area (Å²) in [5.41, 5.74) is 2.64. The zero-order valence-corrected chi connectivity index (χ0v) is 11.8. The third-order valence-corrected chi connectivity index (χ3v) is 4.66. The Balaban J connectivity index is 1.63. The molecule has 0 radical (unpaired) electrons. The average Bonchev–Trinajstić information content (AvgIpc) is 2.94. The summed E-state index contributed by atoms with van der Waals surface area (Å²) >= 11 is 0. The second-order valence-electron chi connectivity index (χ2n) is 5.92. The maximum Gasteiger partial charge on any atom is 0.0457 e. The molecule has 3 rings (SSSR count). The Morgan fingerprint density at radius 1 is 1.21 bits per heavy atom. The Bertz CT molecular complexity index is 523. The van der Waals surface area contributed by atoms with E-state index in [1.54, 1.807) is 0 Å². The number of nitrogens with one attached hydrogen (secondary N) is 2. The van der Waals surface area contributed by atoms with Crippen LogP contribution < -0.4 is 5.32 Å². The van der Waals surface area contributed by atoms with Crippen LogP contribution in [0.5, 0.6) is 0 Å². The van der Waals surface area contributed by atoms with Gasteiger partial charge in [-0.2, -0.15) is 0 Å². The van der Waals surface area contributed by atoms with Crippen molar-refractivity contribution in [2.75, 3.05) is 0 Å². The summed E-state index contributed by atoms with van der Waals surface area (Å²) in [5.74, 6) is 0.874. The van der Waals surface area contributed by atoms with Crippen LogP contribution in [0.4, 0.5) is 0 Å². The fourth-order valence-electron chi connectivity index (χ4n) is 3.38. The Morgan fingerprint density at radius 3 is 2.89 bits per heavy atom. The molecule has 19 heavy (non-hydrogen) atoms. The molecular weight excluding hydrogens is 232 g/mol. The highest BCUT2D eigenvalue weighted by Crippen LogP contribution is 2.26. The Hall–Kier alpha value is -1.28. The lowest BCUT2D eigenvalue weighted by Gasteiger charge is -2.28. The first kappa shape index (κ1) is 12.7. The molecule has 1 fully saturated rings. The maximum atomic E-state index is 3.74. The van der Waals surface area contributed by atoms with E-state index < -0.39 is 0 Å². The van der Waals surface area contributed by atoms with Crippen molar-refractivity contribution < 1.29 is 0 Å². The lowest BCUT2D eigenvalue weighted by molar-refractivity contribution is 0.281. The number of aromatic nitrogens is 1. The van der Waals surface area contributed by atoms with E-state index in [4.69, 9.17) is 0 Å². The fraction of sp³-hybridized carbons (Fsp3) is 0.529. The molecule has 1 aliphatic carbocycles. The molecular formula is C17H24N2. The highest BCUT2D eigenvalue weighted by Gasteiger charge is 2.19. The first-order chi connectivity index (χ1) is 9.34. The summed E-state index contributed by atoms with van der Waals surface area (Å²) in [6.45, 7) is 3.33. The van der Waals surface area contributed by atoms with Crippen LogP contribution in [-0.2, 0) is 6.54 Å². The van der Waals surface area contributed by atoms with Crippen molar-refractivity contribution in [1.29, 1.82) is 0 Å². The van der Waals surface area contributed by atoms with Gasteiger partial charge in [-0.1, -0.05) is 31.4 Å². The molecule has 0 aliphatic heterocycles. The van der Waals surface area contributed by atoms with Crippen LogP contribution in [0.25, 0.3) is 10.9 Å². The van der Waals surface area contributed by atoms with E-state index in [0.29, 0.717) is 6.04 Å². The Morgan fingerprint density at radius 2 is 2.05 bits per heavy atom. The molecule has 0 saturated heterocycles. The van der Waals surface area contributed by atoms with Gasteiger partial charge in [0.25, 0.3) is 0 Å². The van der Waals surface area contributed by atoms with Crippen molar-refractivity contribution in [2.45, 2.75) is 51.6 Å². The zero-order valence-electron chi connectivity index (χ0n) is 11.8. The van der Waals surface area contributed by atoms with Crippen molar-refractivity contribution in [3.8, 4) is 0 Å². The van der Waals surface area contributed by atoms with Crippen LogP contribution in [0.2, 0.25) is 0 Å². The minimum absolute atomic E-state index is 0.634. The van der Waals surface area contributed by atoms with Crippen LogP contribution >= 0.6 is 0 Å². The Kier molecular flexibility index (Phi) is 3.88. The smallest absolute Gasteiger partial charge is 0.0457 e.